The standard InChI is InChI=1S/C17H18BrNO4/c1-10(12-6-7-13(20-2)17(18)19-12)11-8-14(21-3)16(23-5)15(9-11)22-4/h6-9H,1H2,2-5H3. The lowest BCUT2D eigenvalue weighted by molar-refractivity contribution is 0.324. The van der Waals surface area contributed by atoms with Gasteiger partial charge < -0.3 is 18.9 Å². The van der Waals surface area contributed by atoms with E-state index in [4.69, 9.17) is 18.9 Å². The van der Waals surface area contributed by atoms with Gasteiger partial charge in [0.25, 0.3) is 0 Å². The Labute approximate surface area is 144 Å². The van der Waals surface area contributed by atoms with Crippen molar-refractivity contribution in [1.29, 1.82) is 0 Å². The first-order valence-corrected chi connectivity index (χ1v) is 7.55. The van der Waals surface area contributed by atoms with Gasteiger partial charge in [-0.05, 0) is 45.8 Å². The Morgan fingerprint density at radius 3 is 1.91 bits per heavy atom. The van der Waals surface area contributed by atoms with Gasteiger partial charge in [0.15, 0.2) is 17.2 Å². The second-order valence-electron chi connectivity index (χ2n) is 4.58. The SMILES string of the molecule is C=C(c1cc(OC)c(OC)c(OC)c1)c1ccc(OC)c(Br)n1. The first-order valence-electron chi connectivity index (χ1n) is 6.75. The molecule has 23 heavy (non-hydrogen) atoms. The molecular weight excluding hydrogens is 362 g/mol. The maximum absolute atomic E-state index is 5.37. The van der Waals surface area contributed by atoms with Gasteiger partial charge in [-0.3, -0.25) is 0 Å². The lowest BCUT2D eigenvalue weighted by Crippen LogP contribution is -1.98. The molecule has 1 heterocycles. The van der Waals surface area contributed by atoms with Crippen LogP contribution in [0, 0.1) is 0 Å². The van der Waals surface area contributed by atoms with E-state index in [2.05, 4.69) is 27.5 Å². The molecule has 5 nitrogen and oxygen atoms in total. The zero-order valence-corrected chi connectivity index (χ0v) is 15.1. The highest BCUT2D eigenvalue weighted by atomic mass is 79.9. The normalized spacial score (nSPS) is 10.1. The van der Waals surface area contributed by atoms with Gasteiger partial charge in [0, 0.05) is 5.57 Å². The number of pyridine rings is 1. The maximum atomic E-state index is 5.37. The number of hydrogen-bond acceptors (Lipinski definition) is 5. The lowest BCUT2D eigenvalue weighted by Gasteiger charge is -2.15. The van der Waals surface area contributed by atoms with Crippen LogP contribution in [0.2, 0.25) is 0 Å². The summed E-state index contributed by atoms with van der Waals surface area (Å²) in [7, 11) is 6.31. The van der Waals surface area contributed by atoms with Crippen LogP contribution < -0.4 is 18.9 Å². The monoisotopic (exact) mass is 379 g/mol. The predicted octanol–water partition coefficient (Wildman–Crippen LogP) is 3.94. The second-order valence-corrected chi connectivity index (χ2v) is 5.33. The minimum Gasteiger partial charge on any atom is -0.494 e. The van der Waals surface area contributed by atoms with Gasteiger partial charge in [-0.2, -0.15) is 0 Å². The Balaban J connectivity index is 2.49. The van der Waals surface area contributed by atoms with E-state index in [-0.39, 0.29) is 0 Å². The van der Waals surface area contributed by atoms with Gasteiger partial charge >= 0.3 is 0 Å². The van der Waals surface area contributed by atoms with Crippen molar-refractivity contribution in [3.63, 3.8) is 0 Å². The second kappa shape index (κ2) is 7.37. The van der Waals surface area contributed by atoms with E-state index in [1.54, 1.807) is 28.4 Å². The van der Waals surface area contributed by atoms with Gasteiger partial charge in [0.05, 0.1) is 34.1 Å². The minimum absolute atomic E-state index is 0.537. The van der Waals surface area contributed by atoms with Crippen LogP contribution >= 0.6 is 15.9 Å². The van der Waals surface area contributed by atoms with Crippen LogP contribution in [0.25, 0.3) is 5.57 Å². The molecule has 0 N–H and O–H groups in total. The van der Waals surface area contributed by atoms with Crippen molar-refractivity contribution in [2.45, 2.75) is 0 Å². The number of ether oxygens (including phenoxy) is 4. The number of rotatable bonds is 6. The Kier molecular flexibility index (Phi) is 5.50. The molecule has 0 radical (unpaired) electrons. The Bertz CT molecular complexity index is 706. The van der Waals surface area contributed by atoms with Crippen LogP contribution in [-0.4, -0.2) is 33.4 Å². The molecular formula is C17H18BrNO4. The van der Waals surface area contributed by atoms with Crippen molar-refractivity contribution >= 4 is 21.5 Å². The highest BCUT2D eigenvalue weighted by Gasteiger charge is 2.16. The van der Waals surface area contributed by atoms with Gasteiger partial charge in [0.1, 0.15) is 4.60 Å². The molecule has 6 heteroatoms. The molecule has 1 aromatic heterocycles. The van der Waals surface area contributed by atoms with Crippen molar-refractivity contribution in [1.82, 2.24) is 4.98 Å². The van der Waals surface area contributed by atoms with Crippen LogP contribution in [-0.2, 0) is 0 Å². The molecule has 0 aliphatic rings. The number of benzene rings is 1. The quantitative estimate of drug-likeness (QED) is 0.711. The molecule has 2 rings (SSSR count). The summed E-state index contributed by atoms with van der Waals surface area (Å²) in [4.78, 5) is 4.45. The molecule has 0 amide bonds. The van der Waals surface area contributed by atoms with E-state index in [0.717, 1.165) is 11.1 Å². The number of methoxy groups -OCH3 is 4. The average molecular weight is 380 g/mol. The van der Waals surface area contributed by atoms with Crippen molar-refractivity contribution in [2.24, 2.45) is 0 Å². The third-order valence-corrected chi connectivity index (χ3v) is 3.92. The van der Waals surface area contributed by atoms with Crippen LogP contribution in [0.1, 0.15) is 11.3 Å². The van der Waals surface area contributed by atoms with Crippen molar-refractivity contribution in [3.05, 3.63) is 46.7 Å². The fourth-order valence-corrected chi connectivity index (χ4v) is 2.63. The first-order chi connectivity index (χ1) is 11.0. The Morgan fingerprint density at radius 2 is 1.48 bits per heavy atom. The Hall–Kier alpha value is -2.21. The van der Waals surface area contributed by atoms with Crippen LogP contribution in [0.4, 0.5) is 0 Å². The summed E-state index contributed by atoms with van der Waals surface area (Å²) in [6.45, 7) is 4.12. The highest BCUT2D eigenvalue weighted by molar-refractivity contribution is 9.10. The molecule has 122 valence electrons. The van der Waals surface area contributed by atoms with Crippen molar-refractivity contribution in [2.75, 3.05) is 28.4 Å². The molecule has 0 saturated carbocycles. The zero-order valence-electron chi connectivity index (χ0n) is 13.5. The van der Waals surface area contributed by atoms with Crippen LogP contribution in [0.15, 0.2) is 35.4 Å². The molecule has 1 aromatic carbocycles. The smallest absolute Gasteiger partial charge is 0.203 e. The van der Waals surface area contributed by atoms with E-state index >= 15 is 0 Å². The molecule has 0 spiro atoms. The third-order valence-electron chi connectivity index (χ3n) is 3.36. The number of nitrogens with zero attached hydrogens (tertiary/aromatic N) is 1. The molecule has 0 saturated heterocycles. The van der Waals surface area contributed by atoms with Crippen LogP contribution in [0.5, 0.6) is 23.0 Å². The van der Waals surface area contributed by atoms with Gasteiger partial charge in [-0.15, -0.1) is 0 Å². The first kappa shape index (κ1) is 17.1. The summed E-state index contributed by atoms with van der Waals surface area (Å²) >= 11 is 3.38. The molecule has 2 aromatic rings. The molecule has 0 aliphatic carbocycles. The zero-order chi connectivity index (χ0) is 17.0. The maximum Gasteiger partial charge on any atom is 0.203 e. The summed E-state index contributed by atoms with van der Waals surface area (Å²) in [5.74, 6) is 2.33. The Morgan fingerprint density at radius 1 is 0.913 bits per heavy atom. The summed E-state index contributed by atoms with van der Waals surface area (Å²) in [5.41, 5.74) is 2.27. The summed E-state index contributed by atoms with van der Waals surface area (Å²) < 4.78 is 21.9. The number of hydrogen-bond donors (Lipinski definition) is 0. The fourth-order valence-electron chi connectivity index (χ4n) is 2.15. The summed E-state index contributed by atoms with van der Waals surface area (Å²) in [5, 5.41) is 0. The molecule has 0 aliphatic heterocycles. The van der Waals surface area contributed by atoms with Gasteiger partial charge in [0.2, 0.25) is 5.75 Å². The summed E-state index contributed by atoms with van der Waals surface area (Å²) in [6, 6.07) is 7.34. The molecule has 0 unspecified atom stereocenters. The fraction of sp³-hybridized carbons (Fsp3) is 0.235. The minimum atomic E-state index is 0.537. The van der Waals surface area contributed by atoms with Crippen molar-refractivity contribution < 1.29 is 18.9 Å². The largest absolute Gasteiger partial charge is 0.494 e. The van der Waals surface area contributed by atoms with E-state index < -0.39 is 0 Å². The molecule has 0 bridgehead atoms. The number of halogens is 1. The number of aromatic nitrogens is 1. The predicted molar refractivity (Wildman–Crippen MR) is 92.7 cm³/mol. The topological polar surface area (TPSA) is 49.8 Å². The molecule has 0 fully saturated rings. The van der Waals surface area contributed by atoms with E-state index in [9.17, 15) is 0 Å². The van der Waals surface area contributed by atoms with Gasteiger partial charge in [-0.1, -0.05) is 6.58 Å². The van der Waals surface area contributed by atoms with E-state index in [0.29, 0.717) is 33.3 Å². The summed E-state index contributed by atoms with van der Waals surface area (Å²) in [6.07, 6.45) is 0. The molecule has 0 atom stereocenters. The van der Waals surface area contributed by atoms with Crippen molar-refractivity contribution in [3.8, 4) is 23.0 Å². The van der Waals surface area contributed by atoms with Gasteiger partial charge in [-0.25, -0.2) is 4.98 Å². The third kappa shape index (κ3) is 3.42. The highest BCUT2D eigenvalue weighted by Crippen LogP contribution is 2.40. The average Bonchev–Trinajstić information content (AvgIpc) is 2.59. The van der Waals surface area contributed by atoms with E-state index in [1.165, 1.54) is 0 Å². The van der Waals surface area contributed by atoms with E-state index in [1.807, 2.05) is 24.3 Å². The van der Waals surface area contributed by atoms with Crippen LogP contribution in [0.3, 0.4) is 0 Å². The lowest BCUT2D eigenvalue weighted by atomic mass is 10.0.